The van der Waals surface area contributed by atoms with Gasteiger partial charge in [-0.1, -0.05) is 6.92 Å². The smallest absolute Gasteiger partial charge is 0.213 e. The van der Waals surface area contributed by atoms with Crippen LogP contribution >= 0.6 is 11.5 Å². The maximum absolute atomic E-state index is 5.17. The Hall–Kier alpha value is -2.42. The number of methoxy groups -OCH3 is 1. The van der Waals surface area contributed by atoms with E-state index in [4.69, 9.17) is 4.74 Å². The highest BCUT2D eigenvalue weighted by Crippen LogP contribution is 2.19. The Morgan fingerprint density at radius 3 is 2.81 bits per heavy atom. The molecule has 2 aromatic heterocycles. The number of aromatic nitrogens is 3. The third kappa shape index (κ3) is 4.40. The number of pyridine rings is 1. The van der Waals surface area contributed by atoms with Crippen LogP contribution in [0.15, 0.2) is 23.3 Å². The third-order valence-corrected chi connectivity index (χ3v) is 5.11. The number of piperazine rings is 1. The van der Waals surface area contributed by atoms with Crippen LogP contribution in [0.1, 0.15) is 18.3 Å². The molecule has 3 heterocycles. The molecule has 1 fully saturated rings. The average molecular weight is 376 g/mol. The minimum absolute atomic E-state index is 0.622. The number of guanidine groups is 1. The van der Waals surface area contributed by atoms with Gasteiger partial charge in [0.25, 0.3) is 0 Å². The van der Waals surface area contributed by atoms with Gasteiger partial charge in [0, 0.05) is 70.0 Å². The highest BCUT2D eigenvalue weighted by Gasteiger charge is 2.22. The van der Waals surface area contributed by atoms with Gasteiger partial charge < -0.3 is 19.9 Å². The predicted molar refractivity (Wildman–Crippen MR) is 104 cm³/mol. The number of rotatable bonds is 5. The summed E-state index contributed by atoms with van der Waals surface area (Å²) in [5, 5.41) is 4.44. The number of aliphatic imine (C=N–C) groups is 1. The van der Waals surface area contributed by atoms with E-state index in [1.165, 1.54) is 11.5 Å². The van der Waals surface area contributed by atoms with Gasteiger partial charge >= 0.3 is 0 Å². The number of aryl methyl sites for hydroxylation is 1. The van der Waals surface area contributed by atoms with Crippen molar-refractivity contribution in [3.8, 4) is 5.88 Å². The van der Waals surface area contributed by atoms with Gasteiger partial charge in [0.1, 0.15) is 5.82 Å². The Kier molecular flexibility index (Phi) is 6.21. The van der Waals surface area contributed by atoms with Crippen molar-refractivity contribution in [1.29, 1.82) is 0 Å². The molecule has 8 nitrogen and oxygen atoms in total. The van der Waals surface area contributed by atoms with E-state index >= 15 is 0 Å². The molecular weight excluding hydrogens is 350 g/mol. The first kappa shape index (κ1) is 18.4. The van der Waals surface area contributed by atoms with Gasteiger partial charge in [-0.15, -0.1) is 0 Å². The molecule has 0 atom stereocenters. The number of ether oxygens (including phenoxy) is 1. The summed E-state index contributed by atoms with van der Waals surface area (Å²) in [6.07, 6.45) is 2.64. The second-order valence-electron chi connectivity index (χ2n) is 5.93. The molecule has 1 aliphatic rings. The number of anilines is 1. The highest BCUT2D eigenvalue weighted by molar-refractivity contribution is 7.09. The first-order valence-electron chi connectivity index (χ1n) is 8.75. The van der Waals surface area contributed by atoms with Crippen LogP contribution in [0, 0.1) is 0 Å². The number of hydrogen-bond donors (Lipinski definition) is 1. The van der Waals surface area contributed by atoms with Crippen molar-refractivity contribution < 1.29 is 4.74 Å². The lowest BCUT2D eigenvalue weighted by molar-refractivity contribution is 0.372. The number of nitrogens with zero attached hydrogens (tertiary/aromatic N) is 6. The fourth-order valence-electron chi connectivity index (χ4n) is 2.81. The van der Waals surface area contributed by atoms with E-state index in [1.807, 2.05) is 19.2 Å². The first-order valence-corrected chi connectivity index (χ1v) is 9.53. The van der Waals surface area contributed by atoms with Crippen LogP contribution in [0.3, 0.4) is 0 Å². The average Bonchev–Trinajstić information content (AvgIpc) is 3.18. The Balaban J connectivity index is 1.53. The van der Waals surface area contributed by atoms with Gasteiger partial charge in [0.05, 0.1) is 7.11 Å². The third-order valence-electron chi connectivity index (χ3n) is 4.29. The molecule has 0 spiro atoms. The Bertz CT molecular complexity index is 740. The molecule has 0 unspecified atom stereocenters. The van der Waals surface area contributed by atoms with Crippen molar-refractivity contribution in [2.45, 2.75) is 19.9 Å². The Morgan fingerprint density at radius 1 is 1.35 bits per heavy atom. The van der Waals surface area contributed by atoms with E-state index in [9.17, 15) is 0 Å². The fourth-order valence-corrected chi connectivity index (χ4v) is 3.61. The van der Waals surface area contributed by atoms with E-state index < -0.39 is 0 Å². The molecule has 1 aliphatic heterocycles. The minimum Gasteiger partial charge on any atom is -0.481 e. The number of nitrogens with one attached hydrogen (secondary N) is 1. The fraction of sp³-hybridized carbons (Fsp3) is 0.529. The SMILES string of the molecule is CCc1nsc(N2CCN(C(=NC)NCc3ccnc(OC)c3)CC2)n1. The monoisotopic (exact) mass is 375 g/mol. The zero-order valence-electron chi connectivity index (χ0n) is 15.5. The summed E-state index contributed by atoms with van der Waals surface area (Å²) < 4.78 is 9.55. The molecule has 1 N–H and O–H groups in total. The summed E-state index contributed by atoms with van der Waals surface area (Å²) in [6, 6.07) is 3.90. The molecule has 0 amide bonds. The lowest BCUT2D eigenvalue weighted by Gasteiger charge is -2.36. The molecule has 0 aromatic carbocycles. The second-order valence-corrected chi connectivity index (χ2v) is 6.66. The van der Waals surface area contributed by atoms with E-state index in [-0.39, 0.29) is 0 Å². The van der Waals surface area contributed by atoms with Crippen LogP contribution in [0.5, 0.6) is 5.88 Å². The molecule has 0 bridgehead atoms. The molecule has 140 valence electrons. The predicted octanol–water partition coefficient (Wildman–Crippen LogP) is 1.40. The summed E-state index contributed by atoms with van der Waals surface area (Å²) in [7, 11) is 3.44. The summed E-state index contributed by atoms with van der Waals surface area (Å²) in [4.78, 5) is 17.7. The lowest BCUT2D eigenvalue weighted by Crippen LogP contribution is -2.52. The van der Waals surface area contributed by atoms with Crippen LogP contribution in [0.25, 0.3) is 0 Å². The maximum atomic E-state index is 5.17. The van der Waals surface area contributed by atoms with E-state index in [0.29, 0.717) is 12.4 Å². The molecule has 2 aromatic rings. The molecule has 3 rings (SSSR count). The molecule has 0 saturated carbocycles. The summed E-state index contributed by atoms with van der Waals surface area (Å²) in [6.45, 7) is 6.41. The summed E-state index contributed by atoms with van der Waals surface area (Å²) >= 11 is 1.49. The quantitative estimate of drug-likeness (QED) is 0.625. The van der Waals surface area contributed by atoms with E-state index in [0.717, 1.165) is 55.1 Å². The van der Waals surface area contributed by atoms with Crippen molar-refractivity contribution in [3.05, 3.63) is 29.7 Å². The van der Waals surface area contributed by atoms with Crippen LogP contribution in [0.4, 0.5) is 5.13 Å². The van der Waals surface area contributed by atoms with Crippen LogP contribution in [0.2, 0.25) is 0 Å². The second kappa shape index (κ2) is 8.79. The molecular formula is C17H25N7OS. The zero-order valence-corrected chi connectivity index (χ0v) is 16.3. The lowest BCUT2D eigenvalue weighted by atomic mass is 10.2. The maximum Gasteiger partial charge on any atom is 0.213 e. The van der Waals surface area contributed by atoms with Crippen molar-refractivity contribution in [1.82, 2.24) is 24.6 Å². The standard InChI is InChI=1S/C17H25N7OS/c1-4-14-21-17(26-22-14)24-9-7-23(8-10-24)16(18-2)20-12-13-5-6-19-15(11-13)25-3/h5-6,11H,4,7-10,12H2,1-3H3,(H,18,20). The van der Waals surface area contributed by atoms with Gasteiger partial charge in [0.15, 0.2) is 5.96 Å². The molecule has 9 heteroatoms. The van der Waals surface area contributed by atoms with E-state index in [2.05, 4.69) is 41.4 Å². The van der Waals surface area contributed by atoms with Gasteiger partial charge in [-0.05, 0) is 11.6 Å². The molecule has 26 heavy (non-hydrogen) atoms. The van der Waals surface area contributed by atoms with Crippen molar-refractivity contribution >= 4 is 22.6 Å². The minimum atomic E-state index is 0.622. The van der Waals surface area contributed by atoms with Crippen molar-refractivity contribution in [2.24, 2.45) is 4.99 Å². The van der Waals surface area contributed by atoms with Gasteiger partial charge in [-0.2, -0.15) is 4.37 Å². The zero-order chi connectivity index (χ0) is 18.4. The molecule has 0 radical (unpaired) electrons. The van der Waals surface area contributed by atoms with Crippen molar-refractivity contribution in [2.75, 3.05) is 45.2 Å². The molecule has 0 aliphatic carbocycles. The van der Waals surface area contributed by atoms with Crippen LogP contribution < -0.4 is 15.0 Å². The van der Waals surface area contributed by atoms with Gasteiger partial charge in [-0.25, -0.2) is 9.97 Å². The van der Waals surface area contributed by atoms with Crippen LogP contribution in [-0.4, -0.2) is 65.5 Å². The van der Waals surface area contributed by atoms with Gasteiger partial charge in [-0.3, -0.25) is 4.99 Å². The number of hydrogen-bond acceptors (Lipinski definition) is 7. The van der Waals surface area contributed by atoms with Crippen LogP contribution in [-0.2, 0) is 13.0 Å². The summed E-state index contributed by atoms with van der Waals surface area (Å²) in [5.41, 5.74) is 1.11. The Morgan fingerprint density at radius 2 is 2.15 bits per heavy atom. The normalized spacial score (nSPS) is 15.3. The topological polar surface area (TPSA) is 78.8 Å². The van der Waals surface area contributed by atoms with E-state index in [1.54, 1.807) is 13.3 Å². The molecule has 1 saturated heterocycles. The van der Waals surface area contributed by atoms with Crippen molar-refractivity contribution in [3.63, 3.8) is 0 Å². The Labute approximate surface area is 158 Å². The summed E-state index contributed by atoms with van der Waals surface area (Å²) in [5.74, 6) is 2.46. The van der Waals surface area contributed by atoms with Gasteiger partial charge in [0.2, 0.25) is 11.0 Å². The first-order chi connectivity index (χ1) is 12.7. The largest absolute Gasteiger partial charge is 0.481 e. The highest BCUT2D eigenvalue weighted by atomic mass is 32.1.